The summed E-state index contributed by atoms with van der Waals surface area (Å²) < 4.78 is 5.36. The monoisotopic (exact) mass is 429 g/mol. The molecule has 1 fully saturated rings. The van der Waals surface area contributed by atoms with E-state index in [-0.39, 0.29) is 5.91 Å². The molecule has 0 saturated carbocycles. The number of carbonyl (C=O) groups is 1. The van der Waals surface area contributed by atoms with Gasteiger partial charge in [-0.1, -0.05) is 48.5 Å². The van der Waals surface area contributed by atoms with Crippen LogP contribution in [-0.2, 0) is 13.1 Å². The van der Waals surface area contributed by atoms with Crippen molar-refractivity contribution in [3.63, 3.8) is 0 Å². The largest absolute Gasteiger partial charge is 0.495 e. The third kappa shape index (κ3) is 5.75. The van der Waals surface area contributed by atoms with E-state index in [1.165, 1.54) is 11.1 Å². The minimum Gasteiger partial charge on any atom is -0.495 e. The second-order valence-corrected chi connectivity index (χ2v) is 8.39. The molecule has 32 heavy (non-hydrogen) atoms. The van der Waals surface area contributed by atoms with E-state index < -0.39 is 0 Å². The summed E-state index contributed by atoms with van der Waals surface area (Å²) in [5, 5.41) is 2.96. The second-order valence-electron chi connectivity index (χ2n) is 8.39. The third-order valence-corrected chi connectivity index (χ3v) is 5.94. The first-order valence-corrected chi connectivity index (χ1v) is 11.1. The van der Waals surface area contributed by atoms with Crippen LogP contribution in [0.1, 0.15) is 27.0 Å². The zero-order valence-electron chi connectivity index (χ0n) is 18.9. The van der Waals surface area contributed by atoms with Crippen LogP contribution < -0.4 is 10.1 Å². The topological polar surface area (TPSA) is 44.8 Å². The number of piperazine rings is 1. The molecule has 1 aliphatic heterocycles. The maximum Gasteiger partial charge on any atom is 0.255 e. The van der Waals surface area contributed by atoms with Crippen LogP contribution in [0.15, 0.2) is 72.8 Å². The molecule has 5 nitrogen and oxygen atoms in total. The Labute approximate surface area is 190 Å². The minimum absolute atomic E-state index is 0.130. The van der Waals surface area contributed by atoms with Crippen molar-refractivity contribution in [3.05, 3.63) is 95.1 Å². The molecule has 1 heterocycles. The molecule has 0 atom stereocenters. The predicted molar refractivity (Wildman–Crippen MR) is 129 cm³/mol. The molecule has 0 bridgehead atoms. The number of amides is 1. The van der Waals surface area contributed by atoms with Gasteiger partial charge < -0.3 is 10.1 Å². The first-order valence-electron chi connectivity index (χ1n) is 11.1. The summed E-state index contributed by atoms with van der Waals surface area (Å²) in [5.74, 6) is 0.530. The summed E-state index contributed by atoms with van der Waals surface area (Å²) in [7, 11) is 1.61. The van der Waals surface area contributed by atoms with Crippen LogP contribution in [-0.4, -0.2) is 49.0 Å². The maximum atomic E-state index is 12.7. The van der Waals surface area contributed by atoms with Crippen molar-refractivity contribution in [3.8, 4) is 5.75 Å². The van der Waals surface area contributed by atoms with Crippen LogP contribution in [0.4, 0.5) is 5.69 Å². The van der Waals surface area contributed by atoms with Crippen molar-refractivity contribution in [2.45, 2.75) is 20.0 Å². The van der Waals surface area contributed by atoms with Crippen LogP contribution in [0.2, 0.25) is 0 Å². The van der Waals surface area contributed by atoms with Gasteiger partial charge in [-0.25, -0.2) is 0 Å². The number of rotatable bonds is 7. The fraction of sp³-hybridized carbons (Fsp3) is 0.296. The Kier molecular flexibility index (Phi) is 7.20. The Balaban J connectivity index is 1.29. The van der Waals surface area contributed by atoms with Gasteiger partial charge in [0.15, 0.2) is 0 Å². The Morgan fingerprint density at radius 2 is 1.44 bits per heavy atom. The van der Waals surface area contributed by atoms with E-state index in [2.05, 4.69) is 57.6 Å². The molecule has 0 aliphatic carbocycles. The number of benzene rings is 3. The van der Waals surface area contributed by atoms with E-state index in [0.717, 1.165) is 44.8 Å². The molecule has 1 aliphatic rings. The summed E-state index contributed by atoms with van der Waals surface area (Å²) in [6.07, 6.45) is 0. The van der Waals surface area contributed by atoms with Gasteiger partial charge in [-0.15, -0.1) is 0 Å². The number of anilines is 1. The van der Waals surface area contributed by atoms with Crippen molar-refractivity contribution in [2.24, 2.45) is 0 Å². The van der Waals surface area contributed by atoms with Gasteiger partial charge in [-0.05, 0) is 47.9 Å². The maximum absolute atomic E-state index is 12.7. The van der Waals surface area contributed by atoms with Crippen molar-refractivity contribution >= 4 is 11.6 Å². The predicted octanol–water partition coefficient (Wildman–Crippen LogP) is 4.57. The molecule has 5 heteroatoms. The lowest BCUT2D eigenvalue weighted by atomic mass is 10.1. The Bertz CT molecular complexity index is 1030. The SMILES string of the molecule is COc1ccc(C)cc1NC(=O)c1ccc(CN2CCN(Cc3ccccc3)CC2)cc1. The first kappa shape index (κ1) is 22.1. The molecule has 1 N–H and O–H groups in total. The van der Waals surface area contributed by atoms with E-state index in [1.54, 1.807) is 7.11 Å². The highest BCUT2D eigenvalue weighted by Crippen LogP contribution is 2.25. The molecule has 0 aromatic heterocycles. The smallest absolute Gasteiger partial charge is 0.255 e. The molecule has 0 radical (unpaired) electrons. The second kappa shape index (κ2) is 10.4. The number of hydrogen-bond acceptors (Lipinski definition) is 4. The number of ether oxygens (including phenoxy) is 1. The highest BCUT2D eigenvalue weighted by molar-refractivity contribution is 6.05. The number of hydrogen-bond donors (Lipinski definition) is 1. The summed E-state index contributed by atoms with van der Waals surface area (Å²) in [5.41, 5.74) is 5.00. The molecule has 0 unspecified atom stereocenters. The van der Waals surface area contributed by atoms with Crippen LogP contribution in [0.25, 0.3) is 0 Å². The summed E-state index contributed by atoms with van der Waals surface area (Å²) >= 11 is 0. The number of carbonyl (C=O) groups excluding carboxylic acids is 1. The fourth-order valence-electron chi connectivity index (χ4n) is 4.08. The quantitative estimate of drug-likeness (QED) is 0.597. The normalized spacial score (nSPS) is 14.8. The molecule has 3 aromatic carbocycles. The average molecular weight is 430 g/mol. The zero-order valence-corrected chi connectivity index (χ0v) is 18.9. The molecular formula is C27H31N3O2. The van der Waals surface area contributed by atoms with Gasteiger partial charge in [-0.3, -0.25) is 14.6 Å². The van der Waals surface area contributed by atoms with Gasteiger partial charge >= 0.3 is 0 Å². The van der Waals surface area contributed by atoms with Crippen LogP contribution in [0.3, 0.4) is 0 Å². The Morgan fingerprint density at radius 1 is 0.844 bits per heavy atom. The highest BCUT2D eigenvalue weighted by Gasteiger charge is 2.17. The molecule has 0 spiro atoms. The van der Waals surface area contributed by atoms with Crippen LogP contribution in [0, 0.1) is 6.92 Å². The highest BCUT2D eigenvalue weighted by atomic mass is 16.5. The number of nitrogens with zero attached hydrogens (tertiary/aromatic N) is 2. The first-order chi connectivity index (χ1) is 15.6. The molecule has 1 amide bonds. The minimum atomic E-state index is -0.130. The molecular weight excluding hydrogens is 398 g/mol. The van der Waals surface area contributed by atoms with E-state index >= 15 is 0 Å². The lowest BCUT2D eigenvalue weighted by Crippen LogP contribution is -2.45. The molecule has 1 saturated heterocycles. The molecule has 166 valence electrons. The van der Waals surface area contributed by atoms with Gasteiger partial charge in [0.05, 0.1) is 12.8 Å². The fourth-order valence-corrected chi connectivity index (χ4v) is 4.08. The van der Waals surface area contributed by atoms with Crippen molar-refractivity contribution in [1.82, 2.24) is 9.80 Å². The third-order valence-electron chi connectivity index (χ3n) is 5.94. The van der Waals surface area contributed by atoms with Gasteiger partial charge in [0, 0.05) is 44.8 Å². The zero-order chi connectivity index (χ0) is 22.3. The number of methoxy groups -OCH3 is 1. The van der Waals surface area contributed by atoms with E-state index in [9.17, 15) is 4.79 Å². The van der Waals surface area contributed by atoms with Gasteiger partial charge in [0.1, 0.15) is 5.75 Å². The lowest BCUT2D eigenvalue weighted by Gasteiger charge is -2.34. The van der Waals surface area contributed by atoms with Crippen molar-refractivity contribution in [2.75, 3.05) is 38.6 Å². The Hall–Kier alpha value is -3.15. The average Bonchev–Trinajstić information content (AvgIpc) is 2.82. The summed E-state index contributed by atoms with van der Waals surface area (Å²) in [6, 6.07) is 24.3. The van der Waals surface area contributed by atoms with E-state index in [0.29, 0.717) is 17.0 Å². The van der Waals surface area contributed by atoms with Crippen LogP contribution >= 0.6 is 0 Å². The molecule has 4 rings (SSSR count). The Morgan fingerprint density at radius 3 is 2.03 bits per heavy atom. The standard InChI is InChI=1S/C27H31N3O2/c1-21-8-13-26(32-2)25(18-21)28-27(31)24-11-9-23(10-12-24)20-30-16-14-29(15-17-30)19-22-6-4-3-5-7-22/h3-13,18H,14-17,19-20H2,1-2H3,(H,28,31). The van der Waals surface area contributed by atoms with Crippen molar-refractivity contribution < 1.29 is 9.53 Å². The van der Waals surface area contributed by atoms with E-state index in [4.69, 9.17) is 4.74 Å². The summed E-state index contributed by atoms with van der Waals surface area (Å²) in [6.45, 7) is 8.19. The summed E-state index contributed by atoms with van der Waals surface area (Å²) in [4.78, 5) is 17.7. The van der Waals surface area contributed by atoms with Crippen LogP contribution in [0.5, 0.6) is 5.75 Å². The van der Waals surface area contributed by atoms with Gasteiger partial charge in [0.25, 0.3) is 5.91 Å². The number of nitrogens with one attached hydrogen (secondary N) is 1. The lowest BCUT2D eigenvalue weighted by molar-refractivity contribution is 0.102. The van der Waals surface area contributed by atoms with Gasteiger partial charge in [0.2, 0.25) is 0 Å². The number of aryl methyl sites for hydroxylation is 1. The van der Waals surface area contributed by atoms with Gasteiger partial charge in [-0.2, -0.15) is 0 Å². The molecule has 3 aromatic rings. The van der Waals surface area contributed by atoms with E-state index in [1.807, 2.05) is 37.3 Å². The van der Waals surface area contributed by atoms with Crippen molar-refractivity contribution in [1.29, 1.82) is 0 Å².